The van der Waals surface area contributed by atoms with E-state index in [1.165, 1.54) is 19.3 Å². The number of fused-ring (bicyclic) bond motifs is 1. The van der Waals surface area contributed by atoms with Crippen molar-refractivity contribution in [2.24, 2.45) is 17.8 Å². The van der Waals surface area contributed by atoms with Crippen molar-refractivity contribution >= 4 is 17.4 Å². The fraction of sp³-hybridized carbons (Fsp3) is 0.533. The molecule has 2 fully saturated rings. The highest BCUT2D eigenvalue weighted by molar-refractivity contribution is 6.31. The minimum absolute atomic E-state index is 0.322. The van der Waals surface area contributed by atoms with E-state index >= 15 is 0 Å². The first-order chi connectivity index (χ1) is 8.09. The summed E-state index contributed by atoms with van der Waals surface area (Å²) < 4.78 is 0. The number of rotatable bonds is 2. The molecule has 2 atom stereocenters. The normalized spacial score (nSPS) is 30.2. The molecule has 1 aromatic rings. The number of Topliss-reactive ketones (excluding diaryl/α,β-unsaturated/α-hetero) is 1. The van der Waals surface area contributed by atoms with E-state index in [9.17, 15) is 4.79 Å². The molecule has 0 heterocycles. The molecule has 90 valence electrons. The number of ketones is 1. The first kappa shape index (κ1) is 11.3. The molecule has 0 N–H and O–H groups in total. The smallest absolute Gasteiger partial charge is 0.166 e. The van der Waals surface area contributed by atoms with Crippen molar-refractivity contribution < 1.29 is 4.79 Å². The van der Waals surface area contributed by atoms with Gasteiger partial charge >= 0.3 is 0 Å². The Hall–Kier alpha value is -0.820. The predicted octanol–water partition coefficient (Wildman–Crippen LogP) is 4.19. The van der Waals surface area contributed by atoms with Crippen LogP contribution < -0.4 is 0 Å². The van der Waals surface area contributed by atoms with Crippen LogP contribution in [-0.2, 0) is 0 Å². The summed E-state index contributed by atoms with van der Waals surface area (Å²) in [4.78, 5) is 12.5. The number of benzene rings is 1. The lowest BCUT2D eigenvalue weighted by Gasteiger charge is -2.09. The van der Waals surface area contributed by atoms with Crippen LogP contribution in [0.4, 0.5) is 0 Å². The topological polar surface area (TPSA) is 17.1 Å². The summed E-state index contributed by atoms with van der Waals surface area (Å²) in [6.07, 6.45) is 3.83. The molecular weight excluding hydrogens is 232 g/mol. The quantitative estimate of drug-likeness (QED) is 0.718. The van der Waals surface area contributed by atoms with Crippen LogP contribution >= 0.6 is 11.6 Å². The maximum absolute atomic E-state index is 12.5. The zero-order valence-corrected chi connectivity index (χ0v) is 11.1. The van der Waals surface area contributed by atoms with Gasteiger partial charge in [0.25, 0.3) is 0 Å². The van der Waals surface area contributed by atoms with Gasteiger partial charge in [-0.3, -0.25) is 4.79 Å². The van der Waals surface area contributed by atoms with Crippen LogP contribution in [0.3, 0.4) is 0 Å². The lowest BCUT2D eigenvalue weighted by atomic mass is 9.96. The van der Waals surface area contributed by atoms with Gasteiger partial charge in [-0.05, 0) is 61.8 Å². The first-order valence-electron chi connectivity index (χ1n) is 6.40. The molecule has 1 aromatic carbocycles. The van der Waals surface area contributed by atoms with Crippen LogP contribution in [0.25, 0.3) is 0 Å². The Balaban J connectivity index is 1.89. The molecule has 2 saturated carbocycles. The van der Waals surface area contributed by atoms with E-state index in [2.05, 4.69) is 0 Å². The Morgan fingerprint density at radius 1 is 1.18 bits per heavy atom. The summed E-state index contributed by atoms with van der Waals surface area (Å²) >= 11 is 6.07. The van der Waals surface area contributed by atoms with Gasteiger partial charge in [0.1, 0.15) is 0 Å². The Bertz CT molecular complexity index is 482. The van der Waals surface area contributed by atoms with Gasteiger partial charge in [-0.2, -0.15) is 0 Å². The zero-order valence-electron chi connectivity index (χ0n) is 10.3. The van der Waals surface area contributed by atoms with Gasteiger partial charge < -0.3 is 0 Å². The van der Waals surface area contributed by atoms with Gasteiger partial charge in [0.05, 0.1) is 0 Å². The minimum atomic E-state index is 0.322. The summed E-state index contributed by atoms with van der Waals surface area (Å²) in [5, 5.41) is 0.759. The molecule has 0 aliphatic heterocycles. The highest BCUT2D eigenvalue weighted by Gasteiger charge is 2.56. The molecule has 1 nitrogen and oxygen atoms in total. The lowest BCUT2D eigenvalue weighted by molar-refractivity contribution is 0.0951. The number of carbonyl (C=O) groups excluding carboxylic acids is 1. The summed E-state index contributed by atoms with van der Waals surface area (Å²) in [5.74, 6) is 2.07. The standard InChI is InChI=1S/C15H17ClO/c1-8-7-13(16)9(2)6-12(8)15(17)14-10-4-3-5-11(10)14/h6-7,10-11,14H,3-5H2,1-2H3. The Morgan fingerprint density at radius 3 is 2.47 bits per heavy atom. The fourth-order valence-electron chi connectivity index (χ4n) is 3.44. The summed E-state index contributed by atoms with van der Waals surface area (Å²) in [6, 6.07) is 3.89. The highest BCUT2D eigenvalue weighted by atomic mass is 35.5. The second kappa shape index (κ2) is 3.84. The summed E-state index contributed by atoms with van der Waals surface area (Å²) in [7, 11) is 0. The van der Waals surface area contributed by atoms with E-state index in [-0.39, 0.29) is 0 Å². The second-order valence-corrected chi connectivity index (χ2v) is 5.97. The van der Waals surface area contributed by atoms with E-state index in [0.29, 0.717) is 23.5 Å². The molecule has 0 radical (unpaired) electrons. The molecule has 0 aromatic heterocycles. The number of hydrogen-bond acceptors (Lipinski definition) is 1. The van der Waals surface area contributed by atoms with Gasteiger partial charge in [0, 0.05) is 16.5 Å². The second-order valence-electron chi connectivity index (χ2n) is 5.56. The molecule has 0 saturated heterocycles. The molecule has 2 aliphatic carbocycles. The van der Waals surface area contributed by atoms with Crippen LogP contribution in [0, 0.1) is 31.6 Å². The van der Waals surface area contributed by atoms with Crippen molar-refractivity contribution in [3.63, 3.8) is 0 Å². The van der Waals surface area contributed by atoms with Gasteiger partial charge in [-0.15, -0.1) is 0 Å². The van der Waals surface area contributed by atoms with E-state index in [4.69, 9.17) is 11.6 Å². The van der Waals surface area contributed by atoms with Gasteiger partial charge in [0.15, 0.2) is 5.78 Å². The van der Waals surface area contributed by atoms with Crippen LogP contribution in [0.1, 0.15) is 40.7 Å². The third-order valence-electron chi connectivity index (χ3n) is 4.48. The maximum atomic E-state index is 12.5. The number of hydrogen-bond donors (Lipinski definition) is 0. The third kappa shape index (κ3) is 1.72. The van der Waals surface area contributed by atoms with Crippen LogP contribution in [-0.4, -0.2) is 5.78 Å². The Labute approximate surface area is 107 Å². The van der Waals surface area contributed by atoms with Crippen LogP contribution in [0.15, 0.2) is 12.1 Å². The van der Waals surface area contributed by atoms with Crippen molar-refractivity contribution in [1.82, 2.24) is 0 Å². The minimum Gasteiger partial charge on any atom is -0.294 e. The van der Waals surface area contributed by atoms with E-state index in [1.54, 1.807) is 0 Å². The van der Waals surface area contributed by atoms with Crippen molar-refractivity contribution in [3.8, 4) is 0 Å². The first-order valence-corrected chi connectivity index (χ1v) is 6.78. The van der Waals surface area contributed by atoms with Gasteiger partial charge in [-0.1, -0.05) is 18.0 Å². The third-order valence-corrected chi connectivity index (χ3v) is 4.89. The molecular formula is C15H17ClO. The van der Waals surface area contributed by atoms with E-state index < -0.39 is 0 Å². The van der Waals surface area contributed by atoms with Crippen molar-refractivity contribution in [2.75, 3.05) is 0 Å². The summed E-state index contributed by atoms with van der Waals surface area (Å²) in [6.45, 7) is 3.95. The highest BCUT2D eigenvalue weighted by Crippen LogP contribution is 2.58. The van der Waals surface area contributed by atoms with Crippen LogP contribution in [0.5, 0.6) is 0 Å². The lowest BCUT2D eigenvalue weighted by Crippen LogP contribution is -2.08. The average molecular weight is 249 g/mol. The van der Waals surface area contributed by atoms with Crippen molar-refractivity contribution in [1.29, 1.82) is 0 Å². The molecule has 2 aliphatic rings. The molecule has 0 spiro atoms. The molecule has 2 heteroatoms. The Morgan fingerprint density at radius 2 is 1.82 bits per heavy atom. The van der Waals surface area contributed by atoms with Crippen LogP contribution in [0.2, 0.25) is 5.02 Å². The van der Waals surface area contributed by atoms with Crippen molar-refractivity contribution in [2.45, 2.75) is 33.1 Å². The predicted molar refractivity (Wildman–Crippen MR) is 69.6 cm³/mol. The molecule has 0 bridgehead atoms. The summed E-state index contributed by atoms with van der Waals surface area (Å²) in [5.41, 5.74) is 2.92. The van der Waals surface area contributed by atoms with E-state index in [1.807, 2.05) is 26.0 Å². The van der Waals surface area contributed by atoms with Crippen molar-refractivity contribution in [3.05, 3.63) is 33.8 Å². The van der Waals surface area contributed by atoms with Gasteiger partial charge in [-0.25, -0.2) is 0 Å². The van der Waals surface area contributed by atoms with Gasteiger partial charge in [0.2, 0.25) is 0 Å². The molecule has 2 unspecified atom stereocenters. The van der Waals surface area contributed by atoms with E-state index in [0.717, 1.165) is 21.7 Å². The monoisotopic (exact) mass is 248 g/mol. The number of carbonyl (C=O) groups is 1. The number of halogens is 1. The largest absolute Gasteiger partial charge is 0.294 e. The molecule has 17 heavy (non-hydrogen) atoms. The number of aryl methyl sites for hydroxylation is 2. The fourth-order valence-corrected chi connectivity index (χ4v) is 3.65. The average Bonchev–Trinajstić information content (AvgIpc) is 2.76. The molecule has 0 amide bonds. The Kier molecular flexibility index (Phi) is 2.55. The SMILES string of the molecule is Cc1cc(C(=O)C2C3CCCC32)c(C)cc1Cl. The maximum Gasteiger partial charge on any atom is 0.166 e. The zero-order chi connectivity index (χ0) is 12.2. The molecule has 3 rings (SSSR count).